The first-order valence-electron chi connectivity index (χ1n) is 11.6. The zero-order chi connectivity index (χ0) is 24.0. The summed E-state index contributed by atoms with van der Waals surface area (Å²) in [4.78, 5) is 53.8. The fourth-order valence-corrected chi connectivity index (χ4v) is 5.51. The molecule has 3 fully saturated rings. The molecule has 2 aromatic carbocycles. The van der Waals surface area contributed by atoms with E-state index in [4.69, 9.17) is 4.74 Å². The summed E-state index contributed by atoms with van der Waals surface area (Å²) in [6.45, 7) is 2.38. The van der Waals surface area contributed by atoms with Gasteiger partial charge in [0, 0.05) is 23.1 Å². The maximum absolute atomic E-state index is 12.9. The third kappa shape index (κ3) is 4.15. The molecule has 34 heavy (non-hydrogen) atoms. The quantitative estimate of drug-likeness (QED) is 0.337. The third-order valence-corrected chi connectivity index (χ3v) is 7.63. The highest BCUT2D eigenvalue weighted by atomic mass is 79.9. The van der Waals surface area contributed by atoms with Crippen molar-refractivity contribution in [2.75, 3.05) is 16.3 Å². The monoisotopic (exact) mass is 524 g/mol. The number of esters is 1. The number of nitrogens with zero attached hydrogens (tertiary/aromatic N) is 2. The summed E-state index contributed by atoms with van der Waals surface area (Å²) in [5.74, 6) is -1.14. The molecular formula is C26H25BrN2O5. The van der Waals surface area contributed by atoms with Crippen molar-refractivity contribution in [3.8, 4) is 5.75 Å². The van der Waals surface area contributed by atoms with E-state index in [-0.39, 0.29) is 42.5 Å². The lowest BCUT2D eigenvalue weighted by Gasteiger charge is -2.25. The maximum Gasteiger partial charge on any atom is 0.316 e. The Morgan fingerprint density at radius 1 is 0.912 bits per heavy atom. The number of anilines is 2. The number of imide groups is 1. The summed E-state index contributed by atoms with van der Waals surface area (Å²) in [5, 5.41) is 0. The molecule has 0 N–H and O–H groups in total. The van der Waals surface area contributed by atoms with Gasteiger partial charge in [0.15, 0.2) is 0 Å². The van der Waals surface area contributed by atoms with E-state index in [0.717, 1.165) is 29.4 Å². The topological polar surface area (TPSA) is 84.0 Å². The van der Waals surface area contributed by atoms with Gasteiger partial charge in [0.05, 0.1) is 23.4 Å². The highest BCUT2D eigenvalue weighted by Crippen LogP contribution is 2.42. The number of hydrogen-bond donors (Lipinski definition) is 0. The molecule has 4 atom stereocenters. The standard InChI is InChI=1S/C26H25BrN2O5/c1-15-2-11-21-22(12-15)25(32)29(24(21)31)19-7-9-20(10-8-19)34-26(33)16-13-23(30)28(14-16)18-5-3-17(27)4-6-18/h3-10,15-16,21-22H,2,11-14H2,1H3/t15-,16-,21+,22-/m1/s1. The molecule has 0 aromatic heterocycles. The maximum atomic E-state index is 12.9. The summed E-state index contributed by atoms with van der Waals surface area (Å²) in [6.07, 6.45) is 2.55. The Balaban J connectivity index is 1.24. The summed E-state index contributed by atoms with van der Waals surface area (Å²) >= 11 is 3.37. The lowest BCUT2D eigenvalue weighted by molar-refractivity contribution is -0.139. The predicted octanol–water partition coefficient (Wildman–Crippen LogP) is 4.33. The molecule has 8 heteroatoms. The van der Waals surface area contributed by atoms with Crippen LogP contribution in [0, 0.1) is 23.7 Å². The first-order valence-corrected chi connectivity index (χ1v) is 12.4. The van der Waals surface area contributed by atoms with E-state index in [0.29, 0.717) is 17.4 Å². The molecule has 0 bridgehead atoms. The van der Waals surface area contributed by atoms with Gasteiger partial charge in [-0.1, -0.05) is 22.9 Å². The Bertz CT molecular complexity index is 1150. The van der Waals surface area contributed by atoms with Gasteiger partial charge in [0.1, 0.15) is 5.75 Å². The Morgan fingerprint density at radius 3 is 2.26 bits per heavy atom. The van der Waals surface area contributed by atoms with Gasteiger partial charge in [-0.15, -0.1) is 0 Å². The summed E-state index contributed by atoms with van der Waals surface area (Å²) in [5.41, 5.74) is 1.23. The first kappa shape index (κ1) is 22.8. The number of amides is 3. The molecule has 1 aliphatic carbocycles. The van der Waals surface area contributed by atoms with E-state index >= 15 is 0 Å². The summed E-state index contributed by atoms with van der Waals surface area (Å²) in [7, 11) is 0. The molecule has 7 nitrogen and oxygen atoms in total. The fraction of sp³-hybridized carbons (Fsp3) is 0.385. The number of carbonyl (C=O) groups excluding carboxylic acids is 4. The van der Waals surface area contributed by atoms with Crippen molar-refractivity contribution in [2.24, 2.45) is 23.7 Å². The molecule has 5 rings (SSSR count). The Kier molecular flexibility index (Phi) is 6.02. The van der Waals surface area contributed by atoms with Crippen LogP contribution in [0.1, 0.15) is 32.6 Å². The van der Waals surface area contributed by atoms with Crippen LogP contribution in [0.5, 0.6) is 5.75 Å². The van der Waals surface area contributed by atoms with Crippen molar-refractivity contribution in [1.82, 2.24) is 0 Å². The minimum absolute atomic E-state index is 0.0883. The number of hydrogen-bond acceptors (Lipinski definition) is 5. The molecule has 176 valence electrons. The van der Waals surface area contributed by atoms with Crippen LogP contribution in [0.3, 0.4) is 0 Å². The Morgan fingerprint density at radius 2 is 1.56 bits per heavy atom. The molecule has 3 amide bonds. The molecule has 2 heterocycles. The van der Waals surface area contributed by atoms with Crippen molar-refractivity contribution >= 4 is 51.0 Å². The van der Waals surface area contributed by atoms with Crippen LogP contribution >= 0.6 is 15.9 Å². The predicted molar refractivity (Wildman–Crippen MR) is 129 cm³/mol. The molecule has 2 saturated heterocycles. The number of halogens is 1. The molecule has 0 unspecified atom stereocenters. The molecule has 0 spiro atoms. The summed E-state index contributed by atoms with van der Waals surface area (Å²) < 4.78 is 6.43. The van der Waals surface area contributed by atoms with E-state index in [9.17, 15) is 19.2 Å². The second-order valence-corrected chi connectivity index (χ2v) is 10.4. The van der Waals surface area contributed by atoms with Crippen LogP contribution in [0.4, 0.5) is 11.4 Å². The van der Waals surface area contributed by atoms with Crippen molar-refractivity contribution in [2.45, 2.75) is 32.6 Å². The van der Waals surface area contributed by atoms with E-state index < -0.39 is 11.9 Å². The molecule has 1 saturated carbocycles. The fourth-order valence-electron chi connectivity index (χ4n) is 5.24. The van der Waals surface area contributed by atoms with Gasteiger partial charge >= 0.3 is 5.97 Å². The van der Waals surface area contributed by atoms with Crippen molar-refractivity contribution in [3.05, 3.63) is 53.0 Å². The van der Waals surface area contributed by atoms with E-state index in [1.165, 1.54) is 4.90 Å². The van der Waals surface area contributed by atoms with Crippen LogP contribution < -0.4 is 14.5 Å². The zero-order valence-corrected chi connectivity index (χ0v) is 20.4. The Labute approximate surface area is 206 Å². The average Bonchev–Trinajstić information content (AvgIpc) is 3.32. The normalized spacial score (nSPS) is 26.7. The van der Waals surface area contributed by atoms with Gasteiger partial charge in [-0.2, -0.15) is 0 Å². The van der Waals surface area contributed by atoms with Crippen LogP contribution in [-0.4, -0.2) is 30.2 Å². The smallest absolute Gasteiger partial charge is 0.316 e. The van der Waals surface area contributed by atoms with Gasteiger partial charge in [0.25, 0.3) is 0 Å². The van der Waals surface area contributed by atoms with Crippen molar-refractivity contribution in [1.29, 1.82) is 0 Å². The number of ether oxygens (including phenoxy) is 1. The third-order valence-electron chi connectivity index (χ3n) is 7.10. The van der Waals surface area contributed by atoms with Crippen molar-refractivity contribution in [3.63, 3.8) is 0 Å². The van der Waals surface area contributed by atoms with E-state index in [1.807, 2.05) is 24.3 Å². The molecule has 2 aliphatic heterocycles. The summed E-state index contributed by atoms with van der Waals surface area (Å²) in [6, 6.07) is 13.8. The zero-order valence-electron chi connectivity index (χ0n) is 18.8. The van der Waals surface area contributed by atoms with Crippen LogP contribution in [0.15, 0.2) is 53.0 Å². The van der Waals surface area contributed by atoms with Crippen LogP contribution in [-0.2, 0) is 19.2 Å². The minimum atomic E-state index is -0.567. The number of rotatable bonds is 4. The number of benzene rings is 2. The second-order valence-electron chi connectivity index (χ2n) is 9.44. The minimum Gasteiger partial charge on any atom is -0.426 e. The van der Waals surface area contributed by atoms with Gasteiger partial charge in [-0.05, 0) is 73.7 Å². The van der Waals surface area contributed by atoms with Crippen LogP contribution in [0.25, 0.3) is 0 Å². The van der Waals surface area contributed by atoms with Crippen LogP contribution in [0.2, 0.25) is 0 Å². The van der Waals surface area contributed by atoms with Gasteiger partial charge in [-0.25, -0.2) is 0 Å². The van der Waals surface area contributed by atoms with Crippen molar-refractivity contribution < 1.29 is 23.9 Å². The largest absolute Gasteiger partial charge is 0.426 e. The highest BCUT2D eigenvalue weighted by molar-refractivity contribution is 9.10. The number of carbonyl (C=O) groups is 4. The lowest BCUT2D eigenvalue weighted by Crippen LogP contribution is -2.30. The van der Waals surface area contributed by atoms with E-state index in [2.05, 4.69) is 22.9 Å². The van der Waals surface area contributed by atoms with Gasteiger partial charge in [0.2, 0.25) is 17.7 Å². The average molecular weight is 525 g/mol. The Hall–Kier alpha value is -3.00. The highest BCUT2D eigenvalue weighted by Gasteiger charge is 2.50. The molecule has 3 aliphatic rings. The molecule has 2 aromatic rings. The van der Waals surface area contributed by atoms with Gasteiger partial charge < -0.3 is 9.64 Å². The SMILES string of the molecule is C[C@@H]1CC[C@@H]2C(=O)N(c3ccc(OC(=O)[C@@H]4CC(=O)N(c5ccc(Br)cc5)C4)cc3)C(=O)[C@@H]2C1. The molecular weight excluding hydrogens is 500 g/mol. The molecule has 0 radical (unpaired) electrons. The van der Waals surface area contributed by atoms with Gasteiger partial charge in [-0.3, -0.25) is 24.1 Å². The first-order chi connectivity index (χ1) is 16.3. The second kappa shape index (κ2) is 8.98. The lowest BCUT2D eigenvalue weighted by atomic mass is 9.76. The van der Waals surface area contributed by atoms with E-state index in [1.54, 1.807) is 29.2 Å². The number of fused-ring (bicyclic) bond motifs is 1.